The largest absolute Gasteiger partial charge is 0.495 e. The number of hydrogen-bond acceptors (Lipinski definition) is 5. The summed E-state index contributed by atoms with van der Waals surface area (Å²) in [6.45, 7) is 0. The van der Waals surface area contributed by atoms with E-state index in [0.717, 1.165) is 33.8 Å². The van der Waals surface area contributed by atoms with Gasteiger partial charge in [-0.25, -0.2) is 4.52 Å². The van der Waals surface area contributed by atoms with Crippen LogP contribution in [-0.4, -0.2) is 26.7 Å². The quantitative estimate of drug-likeness (QED) is 0.444. The summed E-state index contributed by atoms with van der Waals surface area (Å²) in [5.74, 6) is 1.20. The van der Waals surface area contributed by atoms with Gasteiger partial charge in [0, 0.05) is 18.0 Å². The Morgan fingerprint density at radius 3 is 2.40 bits per heavy atom. The van der Waals surface area contributed by atoms with Crippen LogP contribution in [0.1, 0.15) is 0 Å². The van der Waals surface area contributed by atoms with E-state index in [1.54, 1.807) is 24.0 Å². The van der Waals surface area contributed by atoms with E-state index in [-0.39, 0.29) is 0 Å². The highest BCUT2D eigenvalue weighted by atomic mass is 16.5. The standard InChI is InChI=1S/C24H19N5O/c1-30-21-14-8-7-13-20(21)26-24-27-23-22(25-15-16-29(23)28-24)19-12-6-5-11-18(19)17-9-3-2-4-10-17/h2-16H,1H3,(H,26,28). The molecule has 0 saturated carbocycles. The van der Waals surface area contributed by atoms with Gasteiger partial charge < -0.3 is 10.1 Å². The van der Waals surface area contributed by atoms with Crippen LogP contribution in [-0.2, 0) is 0 Å². The van der Waals surface area contributed by atoms with Crippen molar-refractivity contribution in [3.05, 3.63) is 91.3 Å². The third-order valence-electron chi connectivity index (χ3n) is 4.87. The number of anilines is 2. The Balaban J connectivity index is 1.61. The number of fused-ring (bicyclic) bond motifs is 1. The highest BCUT2D eigenvalue weighted by molar-refractivity contribution is 5.87. The van der Waals surface area contributed by atoms with Gasteiger partial charge in [0.05, 0.1) is 12.8 Å². The Labute approximate surface area is 173 Å². The SMILES string of the molecule is COc1ccccc1Nc1nc2c(-c3ccccc3-c3ccccc3)nccn2n1. The van der Waals surface area contributed by atoms with E-state index in [1.807, 2.05) is 54.6 Å². The number of nitrogens with zero attached hydrogens (tertiary/aromatic N) is 4. The number of hydrogen-bond donors (Lipinski definition) is 1. The Hall–Kier alpha value is -4.19. The van der Waals surface area contributed by atoms with Crippen LogP contribution in [0.25, 0.3) is 28.0 Å². The first kappa shape index (κ1) is 17.9. The molecule has 5 aromatic rings. The van der Waals surface area contributed by atoms with Gasteiger partial charge in [-0.05, 0) is 23.3 Å². The highest BCUT2D eigenvalue weighted by Gasteiger charge is 2.15. The smallest absolute Gasteiger partial charge is 0.247 e. The lowest BCUT2D eigenvalue weighted by molar-refractivity contribution is 0.417. The number of methoxy groups -OCH3 is 1. The van der Waals surface area contributed by atoms with Crippen molar-refractivity contribution in [2.75, 3.05) is 12.4 Å². The molecule has 5 rings (SSSR count). The minimum absolute atomic E-state index is 0.478. The molecule has 0 amide bonds. The van der Waals surface area contributed by atoms with Crippen molar-refractivity contribution in [2.24, 2.45) is 0 Å². The molecule has 0 spiro atoms. The van der Waals surface area contributed by atoms with Crippen molar-refractivity contribution in [1.29, 1.82) is 0 Å². The van der Waals surface area contributed by atoms with E-state index in [4.69, 9.17) is 9.72 Å². The van der Waals surface area contributed by atoms with Crippen LogP contribution in [0.5, 0.6) is 5.75 Å². The lowest BCUT2D eigenvalue weighted by Crippen LogP contribution is -1.96. The van der Waals surface area contributed by atoms with Gasteiger partial charge in [-0.1, -0.05) is 66.7 Å². The average Bonchev–Trinajstić information content (AvgIpc) is 3.22. The van der Waals surface area contributed by atoms with Crippen molar-refractivity contribution in [2.45, 2.75) is 0 Å². The Morgan fingerprint density at radius 2 is 1.57 bits per heavy atom. The summed E-state index contributed by atoms with van der Waals surface area (Å²) in [5, 5.41) is 7.81. The van der Waals surface area contributed by atoms with Crippen molar-refractivity contribution in [3.63, 3.8) is 0 Å². The molecule has 0 saturated heterocycles. The molecule has 6 heteroatoms. The molecule has 3 aromatic carbocycles. The number of aromatic nitrogens is 4. The fourth-order valence-electron chi connectivity index (χ4n) is 3.49. The van der Waals surface area contributed by atoms with Crippen LogP contribution >= 0.6 is 0 Å². The maximum atomic E-state index is 5.41. The van der Waals surface area contributed by atoms with Gasteiger partial charge in [-0.3, -0.25) is 4.98 Å². The van der Waals surface area contributed by atoms with Crippen molar-refractivity contribution in [3.8, 4) is 28.1 Å². The summed E-state index contributed by atoms with van der Waals surface area (Å²) in [6, 6.07) is 26.1. The predicted octanol–water partition coefficient (Wildman–Crippen LogP) is 5.21. The second-order valence-electron chi connectivity index (χ2n) is 6.72. The van der Waals surface area contributed by atoms with Crippen molar-refractivity contribution >= 4 is 17.3 Å². The minimum atomic E-state index is 0.478. The van der Waals surface area contributed by atoms with E-state index in [2.05, 4.69) is 39.7 Å². The molecule has 1 N–H and O–H groups in total. The lowest BCUT2D eigenvalue weighted by Gasteiger charge is -2.09. The zero-order chi connectivity index (χ0) is 20.3. The van der Waals surface area contributed by atoms with Crippen molar-refractivity contribution < 1.29 is 4.74 Å². The second-order valence-corrected chi connectivity index (χ2v) is 6.72. The molecule has 0 unspecified atom stereocenters. The number of rotatable bonds is 5. The summed E-state index contributed by atoms with van der Waals surface area (Å²) < 4.78 is 7.15. The first-order valence-electron chi connectivity index (χ1n) is 9.60. The van der Waals surface area contributed by atoms with Crippen LogP contribution in [0.4, 0.5) is 11.6 Å². The number of nitrogens with one attached hydrogen (secondary N) is 1. The van der Waals surface area contributed by atoms with Gasteiger partial charge in [0.2, 0.25) is 5.95 Å². The second kappa shape index (κ2) is 7.67. The van der Waals surface area contributed by atoms with Crippen molar-refractivity contribution in [1.82, 2.24) is 19.6 Å². The van der Waals surface area contributed by atoms with Gasteiger partial charge in [0.15, 0.2) is 5.65 Å². The Kier molecular flexibility index (Phi) is 4.57. The molecule has 0 atom stereocenters. The molecular weight excluding hydrogens is 374 g/mol. The first-order chi connectivity index (χ1) is 14.8. The van der Waals surface area contributed by atoms with Crippen LogP contribution < -0.4 is 10.1 Å². The van der Waals surface area contributed by atoms with Gasteiger partial charge in [-0.15, -0.1) is 5.10 Å². The number of ether oxygens (including phenoxy) is 1. The normalized spacial score (nSPS) is 10.8. The highest BCUT2D eigenvalue weighted by Crippen LogP contribution is 2.33. The summed E-state index contributed by atoms with van der Waals surface area (Å²) in [6.07, 6.45) is 3.54. The maximum Gasteiger partial charge on any atom is 0.247 e. The third kappa shape index (κ3) is 3.24. The molecule has 6 nitrogen and oxygen atoms in total. The van der Waals surface area contributed by atoms with Gasteiger partial charge in [-0.2, -0.15) is 4.98 Å². The summed E-state index contributed by atoms with van der Waals surface area (Å²) in [5.41, 5.74) is 5.49. The molecular formula is C24H19N5O. The summed E-state index contributed by atoms with van der Waals surface area (Å²) in [4.78, 5) is 9.36. The van der Waals surface area contributed by atoms with Crippen LogP contribution in [0.15, 0.2) is 91.3 Å². The minimum Gasteiger partial charge on any atom is -0.495 e. The lowest BCUT2D eigenvalue weighted by atomic mass is 9.98. The number of para-hydroxylation sites is 2. The Morgan fingerprint density at radius 1 is 0.833 bits per heavy atom. The molecule has 146 valence electrons. The van der Waals surface area contributed by atoms with E-state index in [1.165, 1.54) is 0 Å². The molecule has 2 aromatic heterocycles. The monoisotopic (exact) mass is 393 g/mol. The molecule has 0 fully saturated rings. The zero-order valence-corrected chi connectivity index (χ0v) is 16.4. The molecule has 0 aliphatic carbocycles. The summed E-state index contributed by atoms with van der Waals surface area (Å²) >= 11 is 0. The summed E-state index contributed by atoms with van der Waals surface area (Å²) in [7, 11) is 1.64. The topological polar surface area (TPSA) is 64.3 Å². The number of benzene rings is 3. The zero-order valence-electron chi connectivity index (χ0n) is 16.4. The van der Waals surface area contributed by atoms with Crippen LogP contribution in [0, 0.1) is 0 Å². The van der Waals surface area contributed by atoms with E-state index in [9.17, 15) is 0 Å². The fraction of sp³-hybridized carbons (Fsp3) is 0.0417. The van der Waals surface area contributed by atoms with E-state index < -0.39 is 0 Å². The van der Waals surface area contributed by atoms with Gasteiger partial charge in [0.1, 0.15) is 11.4 Å². The fourth-order valence-corrected chi connectivity index (χ4v) is 3.49. The first-order valence-corrected chi connectivity index (χ1v) is 9.60. The predicted molar refractivity (Wildman–Crippen MR) is 118 cm³/mol. The molecule has 0 radical (unpaired) electrons. The molecule has 0 aliphatic rings. The Bertz CT molecular complexity index is 1310. The average molecular weight is 393 g/mol. The van der Waals surface area contributed by atoms with Crippen LogP contribution in [0.2, 0.25) is 0 Å². The van der Waals surface area contributed by atoms with E-state index >= 15 is 0 Å². The maximum absolute atomic E-state index is 5.41. The molecule has 0 aliphatic heterocycles. The third-order valence-corrected chi connectivity index (χ3v) is 4.87. The molecule has 0 bridgehead atoms. The van der Waals surface area contributed by atoms with E-state index in [0.29, 0.717) is 11.6 Å². The van der Waals surface area contributed by atoms with Crippen LogP contribution in [0.3, 0.4) is 0 Å². The van der Waals surface area contributed by atoms with Gasteiger partial charge >= 0.3 is 0 Å². The van der Waals surface area contributed by atoms with Gasteiger partial charge in [0.25, 0.3) is 0 Å². The molecule has 30 heavy (non-hydrogen) atoms. The molecule has 2 heterocycles.